The Bertz CT molecular complexity index is 1030. The molecule has 2 heterocycles. The number of fused-ring (bicyclic) bond motifs is 2. The highest BCUT2D eigenvalue weighted by Gasteiger charge is 2.10. The number of aromatic nitrogens is 2. The first-order chi connectivity index (χ1) is 11.7. The summed E-state index contributed by atoms with van der Waals surface area (Å²) in [5.74, 6) is 0.499. The maximum absolute atomic E-state index is 12.3. The number of hydrogen-bond donors (Lipinski definition) is 2. The van der Waals surface area contributed by atoms with Crippen LogP contribution in [0.5, 0.6) is 0 Å². The van der Waals surface area contributed by atoms with Crippen LogP contribution in [0.3, 0.4) is 0 Å². The van der Waals surface area contributed by atoms with E-state index in [0.29, 0.717) is 29.1 Å². The van der Waals surface area contributed by atoms with Gasteiger partial charge in [0.2, 0.25) is 0 Å². The Morgan fingerprint density at radius 3 is 3.04 bits per heavy atom. The number of oxazole rings is 1. The Kier molecular flexibility index (Phi) is 3.54. The minimum atomic E-state index is -0.0996. The van der Waals surface area contributed by atoms with Crippen molar-refractivity contribution in [2.75, 3.05) is 6.54 Å². The van der Waals surface area contributed by atoms with Gasteiger partial charge >= 0.3 is 0 Å². The van der Waals surface area contributed by atoms with E-state index in [2.05, 4.69) is 21.4 Å². The zero-order valence-corrected chi connectivity index (χ0v) is 13.3. The van der Waals surface area contributed by atoms with Gasteiger partial charge in [0.1, 0.15) is 5.52 Å². The van der Waals surface area contributed by atoms with Crippen molar-refractivity contribution < 1.29 is 9.21 Å². The number of nitrogens with one attached hydrogen (secondary N) is 2. The predicted octanol–water partition coefficient (Wildman–Crippen LogP) is 3.59. The normalized spacial score (nSPS) is 11.2. The molecule has 0 saturated carbocycles. The fourth-order valence-corrected chi connectivity index (χ4v) is 2.94. The summed E-state index contributed by atoms with van der Waals surface area (Å²) in [7, 11) is 0. The number of aromatic amines is 1. The molecule has 0 fully saturated rings. The standard InChI is InChI=1S/C19H17N3O2/c1-12-22-17-10-13(6-7-18(17)24-12)19(23)20-9-8-14-11-21-16-5-3-2-4-15(14)16/h2-7,10-11,21H,8-9H2,1H3,(H,20,23). The third-order valence-electron chi connectivity index (χ3n) is 4.11. The summed E-state index contributed by atoms with van der Waals surface area (Å²) >= 11 is 0. The Labute approximate surface area is 138 Å². The molecular formula is C19H17N3O2. The maximum Gasteiger partial charge on any atom is 0.251 e. The number of carbonyl (C=O) groups excluding carboxylic acids is 1. The van der Waals surface area contributed by atoms with Crippen LogP contribution in [0.15, 0.2) is 53.1 Å². The number of carbonyl (C=O) groups is 1. The molecular weight excluding hydrogens is 302 g/mol. The Morgan fingerprint density at radius 1 is 1.25 bits per heavy atom. The summed E-state index contributed by atoms with van der Waals surface area (Å²) in [6.07, 6.45) is 2.78. The van der Waals surface area contributed by atoms with E-state index in [0.717, 1.165) is 11.9 Å². The molecule has 0 aliphatic carbocycles. The summed E-state index contributed by atoms with van der Waals surface area (Å²) in [5.41, 5.74) is 4.31. The molecule has 5 nitrogen and oxygen atoms in total. The van der Waals surface area contributed by atoms with Gasteiger partial charge in [0.25, 0.3) is 5.91 Å². The molecule has 4 aromatic rings. The van der Waals surface area contributed by atoms with Gasteiger partial charge in [-0.1, -0.05) is 18.2 Å². The van der Waals surface area contributed by atoms with Gasteiger partial charge in [0, 0.05) is 36.1 Å². The van der Waals surface area contributed by atoms with Crippen molar-refractivity contribution in [3.05, 3.63) is 65.7 Å². The van der Waals surface area contributed by atoms with E-state index < -0.39 is 0 Å². The van der Waals surface area contributed by atoms with E-state index in [1.54, 1.807) is 25.1 Å². The molecule has 120 valence electrons. The van der Waals surface area contributed by atoms with Gasteiger partial charge in [-0.25, -0.2) is 4.98 Å². The SMILES string of the molecule is Cc1nc2cc(C(=O)NCCc3c[nH]c4ccccc34)ccc2o1. The van der Waals surface area contributed by atoms with Crippen molar-refractivity contribution >= 4 is 27.9 Å². The van der Waals surface area contributed by atoms with E-state index in [9.17, 15) is 4.79 Å². The molecule has 0 aliphatic rings. The summed E-state index contributed by atoms with van der Waals surface area (Å²) in [6, 6.07) is 13.5. The lowest BCUT2D eigenvalue weighted by atomic mass is 10.1. The molecule has 0 saturated heterocycles. The van der Waals surface area contributed by atoms with Crippen molar-refractivity contribution in [2.24, 2.45) is 0 Å². The lowest BCUT2D eigenvalue weighted by molar-refractivity contribution is 0.0954. The first-order valence-corrected chi connectivity index (χ1v) is 7.91. The number of H-pyrrole nitrogens is 1. The van der Waals surface area contributed by atoms with Crippen LogP contribution in [0.4, 0.5) is 0 Å². The van der Waals surface area contributed by atoms with Gasteiger partial charge in [-0.2, -0.15) is 0 Å². The second-order valence-corrected chi connectivity index (χ2v) is 5.78. The average Bonchev–Trinajstić information content (AvgIpc) is 3.16. The lowest BCUT2D eigenvalue weighted by Crippen LogP contribution is -2.25. The molecule has 0 unspecified atom stereocenters. The van der Waals surface area contributed by atoms with Crippen molar-refractivity contribution in [3.63, 3.8) is 0 Å². The largest absolute Gasteiger partial charge is 0.441 e. The van der Waals surface area contributed by atoms with Crippen LogP contribution in [0, 0.1) is 6.92 Å². The quantitative estimate of drug-likeness (QED) is 0.604. The third kappa shape index (κ3) is 2.65. The molecule has 2 aromatic carbocycles. The molecule has 0 radical (unpaired) electrons. The number of aryl methyl sites for hydroxylation is 1. The highest BCUT2D eigenvalue weighted by molar-refractivity contribution is 5.97. The van der Waals surface area contributed by atoms with E-state index >= 15 is 0 Å². The van der Waals surface area contributed by atoms with Gasteiger partial charge in [-0.15, -0.1) is 0 Å². The first kappa shape index (κ1) is 14.5. The Hall–Kier alpha value is -3.08. The highest BCUT2D eigenvalue weighted by atomic mass is 16.3. The fraction of sp³-hybridized carbons (Fsp3) is 0.158. The van der Waals surface area contributed by atoms with Gasteiger partial charge in [-0.05, 0) is 36.2 Å². The highest BCUT2D eigenvalue weighted by Crippen LogP contribution is 2.18. The van der Waals surface area contributed by atoms with Gasteiger partial charge in [-0.3, -0.25) is 4.79 Å². The molecule has 4 rings (SSSR count). The van der Waals surface area contributed by atoms with Crippen molar-refractivity contribution in [2.45, 2.75) is 13.3 Å². The minimum Gasteiger partial charge on any atom is -0.441 e. The molecule has 0 bridgehead atoms. The lowest BCUT2D eigenvalue weighted by Gasteiger charge is -2.05. The zero-order valence-electron chi connectivity index (χ0n) is 13.3. The molecule has 1 amide bonds. The number of hydrogen-bond acceptors (Lipinski definition) is 3. The van der Waals surface area contributed by atoms with Crippen LogP contribution in [0.25, 0.3) is 22.0 Å². The van der Waals surface area contributed by atoms with Crippen LogP contribution in [-0.2, 0) is 6.42 Å². The Morgan fingerprint density at radius 2 is 2.12 bits per heavy atom. The van der Waals surface area contributed by atoms with Crippen molar-refractivity contribution in [3.8, 4) is 0 Å². The number of rotatable bonds is 4. The number of benzene rings is 2. The van der Waals surface area contributed by atoms with E-state index in [4.69, 9.17) is 4.42 Å². The average molecular weight is 319 g/mol. The monoisotopic (exact) mass is 319 g/mol. The summed E-state index contributed by atoms with van der Waals surface area (Å²) in [5, 5.41) is 4.16. The topological polar surface area (TPSA) is 70.9 Å². The van der Waals surface area contributed by atoms with Gasteiger partial charge in [0.15, 0.2) is 11.5 Å². The second kappa shape index (κ2) is 5.85. The Balaban J connectivity index is 1.44. The smallest absolute Gasteiger partial charge is 0.251 e. The maximum atomic E-state index is 12.3. The van der Waals surface area contributed by atoms with Crippen LogP contribution < -0.4 is 5.32 Å². The molecule has 2 aromatic heterocycles. The van der Waals surface area contributed by atoms with E-state index in [-0.39, 0.29) is 5.91 Å². The zero-order chi connectivity index (χ0) is 16.5. The van der Waals surface area contributed by atoms with Gasteiger partial charge < -0.3 is 14.7 Å². The summed E-state index contributed by atoms with van der Waals surface area (Å²) < 4.78 is 5.43. The first-order valence-electron chi connectivity index (χ1n) is 7.91. The number of nitrogens with zero attached hydrogens (tertiary/aromatic N) is 1. The number of amides is 1. The summed E-state index contributed by atoms with van der Waals surface area (Å²) in [6.45, 7) is 2.37. The molecule has 0 aliphatic heterocycles. The van der Waals surface area contributed by atoms with Crippen LogP contribution in [0.2, 0.25) is 0 Å². The minimum absolute atomic E-state index is 0.0996. The fourth-order valence-electron chi connectivity index (χ4n) is 2.94. The van der Waals surface area contributed by atoms with Crippen LogP contribution >= 0.6 is 0 Å². The second-order valence-electron chi connectivity index (χ2n) is 5.78. The molecule has 0 atom stereocenters. The van der Waals surface area contributed by atoms with Gasteiger partial charge in [0.05, 0.1) is 0 Å². The predicted molar refractivity (Wildman–Crippen MR) is 93.1 cm³/mol. The van der Waals surface area contributed by atoms with Crippen LogP contribution in [0.1, 0.15) is 21.8 Å². The van der Waals surface area contributed by atoms with Crippen molar-refractivity contribution in [1.82, 2.24) is 15.3 Å². The summed E-state index contributed by atoms with van der Waals surface area (Å²) in [4.78, 5) is 19.8. The molecule has 2 N–H and O–H groups in total. The third-order valence-corrected chi connectivity index (χ3v) is 4.11. The molecule has 5 heteroatoms. The molecule has 24 heavy (non-hydrogen) atoms. The van der Waals surface area contributed by atoms with Crippen LogP contribution in [-0.4, -0.2) is 22.4 Å². The van der Waals surface area contributed by atoms with E-state index in [1.165, 1.54) is 10.9 Å². The van der Waals surface area contributed by atoms with E-state index in [1.807, 2.05) is 24.4 Å². The number of para-hydroxylation sites is 1. The van der Waals surface area contributed by atoms with Crippen molar-refractivity contribution in [1.29, 1.82) is 0 Å². The molecule has 0 spiro atoms.